The first-order chi connectivity index (χ1) is 9.09. The summed E-state index contributed by atoms with van der Waals surface area (Å²) in [7, 11) is 2.05. The maximum atomic E-state index is 7.71. The first kappa shape index (κ1) is 13.9. The fraction of sp³-hybridized carbons (Fsp3) is 0.533. The molecule has 4 nitrogen and oxygen atoms in total. The summed E-state index contributed by atoms with van der Waals surface area (Å²) in [4.78, 5) is 2.17. The lowest BCUT2D eigenvalue weighted by Gasteiger charge is -2.30. The molecule has 1 atom stereocenters. The summed E-state index contributed by atoms with van der Waals surface area (Å²) in [6.45, 7) is 3.77. The second kappa shape index (κ2) is 6.06. The van der Waals surface area contributed by atoms with Gasteiger partial charge in [0.05, 0.1) is 11.8 Å². The Labute approximate surface area is 115 Å². The van der Waals surface area contributed by atoms with E-state index < -0.39 is 0 Å². The number of nitrogen functional groups attached to an aromatic ring is 1. The van der Waals surface area contributed by atoms with Crippen LogP contribution in [0.25, 0.3) is 0 Å². The predicted molar refractivity (Wildman–Crippen MR) is 79.1 cm³/mol. The molecule has 0 aliphatic carbocycles. The molecule has 2 rings (SSSR count). The van der Waals surface area contributed by atoms with Crippen LogP contribution < -0.4 is 10.6 Å². The van der Waals surface area contributed by atoms with Crippen LogP contribution in [-0.4, -0.2) is 32.1 Å². The zero-order valence-electron chi connectivity index (χ0n) is 11.8. The minimum atomic E-state index is 0.120. The molecular formula is C15H23N3O. The molecule has 1 aromatic rings. The molecule has 1 saturated heterocycles. The van der Waals surface area contributed by atoms with Crippen LogP contribution in [-0.2, 0) is 4.74 Å². The summed E-state index contributed by atoms with van der Waals surface area (Å²) in [6.07, 6.45) is 3.82. The van der Waals surface area contributed by atoms with Gasteiger partial charge in [-0.15, -0.1) is 0 Å². The fourth-order valence-corrected chi connectivity index (χ4v) is 2.73. The third kappa shape index (κ3) is 3.26. The number of hydrogen-bond acceptors (Lipinski definition) is 3. The predicted octanol–water partition coefficient (Wildman–Crippen LogP) is 2.28. The Morgan fingerprint density at radius 3 is 2.89 bits per heavy atom. The largest absolute Gasteiger partial charge is 0.384 e. The maximum absolute atomic E-state index is 7.71. The van der Waals surface area contributed by atoms with Gasteiger partial charge in [-0.2, -0.15) is 0 Å². The van der Waals surface area contributed by atoms with Crippen LogP contribution in [0.5, 0.6) is 0 Å². The number of benzene rings is 1. The van der Waals surface area contributed by atoms with Crippen LogP contribution in [0.15, 0.2) is 18.2 Å². The Hall–Kier alpha value is -1.55. The Kier molecular flexibility index (Phi) is 4.43. The van der Waals surface area contributed by atoms with E-state index in [1.54, 1.807) is 0 Å². The topological polar surface area (TPSA) is 62.3 Å². The second-order valence-electron chi connectivity index (χ2n) is 5.25. The summed E-state index contributed by atoms with van der Waals surface area (Å²) in [5, 5.41) is 7.71. The highest BCUT2D eigenvalue weighted by Crippen LogP contribution is 2.25. The van der Waals surface area contributed by atoms with Gasteiger partial charge in [0.15, 0.2) is 0 Å². The molecule has 0 amide bonds. The zero-order chi connectivity index (χ0) is 13.8. The van der Waals surface area contributed by atoms with E-state index in [-0.39, 0.29) is 11.9 Å². The first-order valence-corrected chi connectivity index (χ1v) is 6.86. The van der Waals surface area contributed by atoms with Crippen LogP contribution in [0.3, 0.4) is 0 Å². The lowest BCUT2D eigenvalue weighted by molar-refractivity contribution is 0.0216. The van der Waals surface area contributed by atoms with Gasteiger partial charge in [0.25, 0.3) is 0 Å². The number of hydrogen-bond donors (Lipinski definition) is 2. The average molecular weight is 261 g/mol. The lowest BCUT2D eigenvalue weighted by atomic mass is 10.0. The summed E-state index contributed by atoms with van der Waals surface area (Å²) in [6, 6.07) is 5.91. The highest BCUT2D eigenvalue weighted by Gasteiger charge is 2.19. The highest BCUT2D eigenvalue weighted by atomic mass is 16.5. The molecular weight excluding hydrogens is 238 g/mol. The van der Waals surface area contributed by atoms with Gasteiger partial charge in [0.1, 0.15) is 5.84 Å². The second-order valence-corrected chi connectivity index (χ2v) is 5.25. The number of nitrogens with zero attached hydrogens (tertiary/aromatic N) is 1. The number of rotatable bonds is 4. The Morgan fingerprint density at radius 2 is 2.26 bits per heavy atom. The van der Waals surface area contributed by atoms with E-state index in [9.17, 15) is 0 Å². The van der Waals surface area contributed by atoms with E-state index in [4.69, 9.17) is 15.9 Å². The van der Waals surface area contributed by atoms with E-state index in [0.717, 1.165) is 36.4 Å². The van der Waals surface area contributed by atoms with Gasteiger partial charge in [-0.1, -0.05) is 12.1 Å². The number of ether oxygens (including phenoxy) is 1. The molecule has 1 aliphatic heterocycles. The standard InChI is InChI=1S/C15H23N3O/c1-11-6-5-8-13(15(16)17)14(11)18(2)10-12-7-3-4-9-19-12/h5-6,8,12H,3-4,7,9-10H2,1-2H3,(H3,16,17). The van der Waals surface area contributed by atoms with Crippen molar-refractivity contribution in [3.63, 3.8) is 0 Å². The van der Waals surface area contributed by atoms with Crippen LogP contribution in [0.1, 0.15) is 30.4 Å². The van der Waals surface area contributed by atoms with Gasteiger partial charge in [0.2, 0.25) is 0 Å². The average Bonchev–Trinajstić information content (AvgIpc) is 2.39. The number of likely N-dealkylation sites (N-methyl/N-ethyl adjacent to an activating group) is 1. The SMILES string of the molecule is Cc1cccc(C(=N)N)c1N(C)CC1CCCCO1. The molecule has 1 aliphatic rings. The number of nitrogens with two attached hydrogens (primary N) is 1. The van der Waals surface area contributed by atoms with Crippen molar-refractivity contribution in [2.45, 2.75) is 32.3 Å². The Morgan fingerprint density at radius 1 is 1.47 bits per heavy atom. The van der Waals surface area contributed by atoms with Crippen molar-refractivity contribution >= 4 is 11.5 Å². The van der Waals surface area contributed by atoms with Gasteiger partial charge in [-0.3, -0.25) is 5.41 Å². The van der Waals surface area contributed by atoms with Crippen LogP contribution in [0, 0.1) is 12.3 Å². The maximum Gasteiger partial charge on any atom is 0.124 e. The fourth-order valence-electron chi connectivity index (χ4n) is 2.73. The van der Waals surface area contributed by atoms with Crippen LogP contribution >= 0.6 is 0 Å². The molecule has 0 radical (unpaired) electrons. The summed E-state index contributed by atoms with van der Waals surface area (Å²) >= 11 is 0. The van der Waals surface area contributed by atoms with Crippen molar-refractivity contribution in [1.82, 2.24) is 0 Å². The molecule has 1 heterocycles. The van der Waals surface area contributed by atoms with Crippen molar-refractivity contribution in [1.29, 1.82) is 5.41 Å². The van der Waals surface area contributed by atoms with Crippen LogP contribution in [0.4, 0.5) is 5.69 Å². The molecule has 1 fully saturated rings. The first-order valence-electron chi connectivity index (χ1n) is 6.86. The number of anilines is 1. The molecule has 3 N–H and O–H groups in total. The molecule has 0 aromatic heterocycles. The van der Waals surface area contributed by atoms with E-state index >= 15 is 0 Å². The summed E-state index contributed by atoms with van der Waals surface area (Å²) < 4.78 is 5.78. The number of para-hydroxylation sites is 1. The highest BCUT2D eigenvalue weighted by molar-refractivity contribution is 6.01. The molecule has 1 aromatic carbocycles. The molecule has 0 saturated carbocycles. The van der Waals surface area contributed by atoms with Crippen molar-refractivity contribution < 1.29 is 4.74 Å². The lowest BCUT2D eigenvalue weighted by Crippen LogP contribution is -2.34. The van der Waals surface area contributed by atoms with Crippen molar-refractivity contribution in [3.8, 4) is 0 Å². The Balaban J connectivity index is 2.17. The number of nitrogens with one attached hydrogen (secondary N) is 1. The number of aryl methyl sites for hydroxylation is 1. The Bertz CT molecular complexity index is 453. The molecule has 4 heteroatoms. The smallest absolute Gasteiger partial charge is 0.124 e. The minimum absolute atomic E-state index is 0.120. The van der Waals surface area contributed by atoms with E-state index in [1.165, 1.54) is 12.8 Å². The molecule has 104 valence electrons. The minimum Gasteiger partial charge on any atom is -0.384 e. The van der Waals surface area contributed by atoms with Gasteiger partial charge in [-0.05, 0) is 37.8 Å². The van der Waals surface area contributed by atoms with Gasteiger partial charge >= 0.3 is 0 Å². The van der Waals surface area contributed by atoms with E-state index in [2.05, 4.69) is 17.9 Å². The van der Waals surface area contributed by atoms with Crippen molar-refractivity contribution in [2.24, 2.45) is 5.73 Å². The van der Waals surface area contributed by atoms with E-state index in [0.29, 0.717) is 0 Å². The monoisotopic (exact) mass is 261 g/mol. The molecule has 19 heavy (non-hydrogen) atoms. The number of amidine groups is 1. The normalized spacial score (nSPS) is 19.2. The third-order valence-corrected chi connectivity index (χ3v) is 3.66. The summed E-state index contributed by atoms with van der Waals surface area (Å²) in [5.74, 6) is 0.120. The van der Waals surface area contributed by atoms with Crippen molar-refractivity contribution in [2.75, 3.05) is 25.1 Å². The van der Waals surface area contributed by atoms with Gasteiger partial charge in [0, 0.05) is 25.8 Å². The molecule has 1 unspecified atom stereocenters. The summed E-state index contributed by atoms with van der Waals surface area (Å²) in [5.41, 5.74) is 8.67. The van der Waals surface area contributed by atoms with Gasteiger partial charge in [-0.25, -0.2) is 0 Å². The molecule has 0 spiro atoms. The quantitative estimate of drug-likeness (QED) is 0.645. The zero-order valence-corrected chi connectivity index (χ0v) is 11.8. The van der Waals surface area contributed by atoms with E-state index in [1.807, 2.05) is 19.2 Å². The van der Waals surface area contributed by atoms with Gasteiger partial charge < -0.3 is 15.4 Å². The van der Waals surface area contributed by atoms with Crippen molar-refractivity contribution in [3.05, 3.63) is 29.3 Å². The molecule has 0 bridgehead atoms. The third-order valence-electron chi connectivity index (χ3n) is 3.66. The van der Waals surface area contributed by atoms with Crippen LogP contribution in [0.2, 0.25) is 0 Å².